The zero-order chi connectivity index (χ0) is 13.1. The van der Waals surface area contributed by atoms with Gasteiger partial charge in [-0.25, -0.2) is 4.79 Å². The van der Waals surface area contributed by atoms with E-state index in [2.05, 4.69) is 5.32 Å². The number of aromatic carboxylic acids is 1. The number of carbonyl (C=O) groups is 2. The molecule has 0 fully saturated rings. The molecule has 1 aromatic heterocycles. The third kappa shape index (κ3) is 2.49. The Balaban J connectivity index is 2.18. The number of carbonyl (C=O) groups excluding carboxylic acids is 1. The van der Waals surface area contributed by atoms with Crippen LogP contribution in [-0.2, 0) is 0 Å². The van der Waals surface area contributed by atoms with E-state index in [0.29, 0.717) is 10.6 Å². The summed E-state index contributed by atoms with van der Waals surface area (Å²) in [5.74, 6) is -1.90. The first-order chi connectivity index (χ1) is 8.58. The van der Waals surface area contributed by atoms with E-state index in [-0.39, 0.29) is 17.2 Å². The number of phenols is 1. The van der Waals surface area contributed by atoms with Crippen LogP contribution in [0.15, 0.2) is 35.7 Å². The first kappa shape index (κ1) is 12.1. The molecule has 1 amide bonds. The fraction of sp³-hybridized carbons (Fsp3) is 0. The predicted molar refractivity (Wildman–Crippen MR) is 67.3 cm³/mol. The number of amides is 1. The topological polar surface area (TPSA) is 86.6 Å². The van der Waals surface area contributed by atoms with E-state index in [1.54, 1.807) is 17.5 Å². The van der Waals surface area contributed by atoms with E-state index >= 15 is 0 Å². The Hall–Kier alpha value is -2.34. The second kappa shape index (κ2) is 4.89. The molecule has 1 aromatic carbocycles. The summed E-state index contributed by atoms with van der Waals surface area (Å²) >= 11 is 1.29. The van der Waals surface area contributed by atoms with E-state index in [4.69, 9.17) is 5.11 Å². The molecule has 0 saturated carbocycles. The van der Waals surface area contributed by atoms with Crippen LogP contribution in [0.5, 0.6) is 5.75 Å². The minimum Gasteiger partial charge on any atom is -0.507 e. The first-order valence-electron chi connectivity index (χ1n) is 4.99. The number of hydrogen-bond donors (Lipinski definition) is 3. The Morgan fingerprint density at radius 2 is 2.00 bits per heavy atom. The number of carboxylic acid groups (broad SMARTS) is 1. The monoisotopic (exact) mass is 263 g/mol. The summed E-state index contributed by atoms with van der Waals surface area (Å²) in [6, 6.07) is 7.29. The molecule has 3 N–H and O–H groups in total. The van der Waals surface area contributed by atoms with Crippen LogP contribution < -0.4 is 5.32 Å². The summed E-state index contributed by atoms with van der Waals surface area (Å²) in [6.07, 6.45) is 0. The van der Waals surface area contributed by atoms with Crippen LogP contribution in [0.3, 0.4) is 0 Å². The molecule has 0 spiro atoms. The lowest BCUT2D eigenvalue weighted by atomic mass is 10.2. The standard InChI is InChI=1S/C12H9NO4S/c14-9-6-7(3-4-8(9)12(16)17)13-11(15)10-2-1-5-18-10/h1-6,14H,(H,13,15)(H,16,17). The van der Waals surface area contributed by atoms with Gasteiger partial charge in [0.15, 0.2) is 0 Å². The van der Waals surface area contributed by atoms with E-state index in [9.17, 15) is 14.7 Å². The van der Waals surface area contributed by atoms with Crippen molar-refractivity contribution in [2.75, 3.05) is 5.32 Å². The number of benzene rings is 1. The van der Waals surface area contributed by atoms with Crippen LogP contribution >= 0.6 is 11.3 Å². The average Bonchev–Trinajstić information content (AvgIpc) is 2.81. The smallest absolute Gasteiger partial charge is 0.339 e. The van der Waals surface area contributed by atoms with Gasteiger partial charge < -0.3 is 15.5 Å². The maximum atomic E-state index is 11.7. The Morgan fingerprint density at radius 3 is 2.56 bits per heavy atom. The van der Waals surface area contributed by atoms with Gasteiger partial charge in [-0.2, -0.15) is 0 Å². The Morgan fingerprint density at radius 1 is 1.22 bits per heavy atom. The number of thiophene rings is 1. The molecule has 0 saturated heterocycles. The fourth-order valence-electron chi connectivity index (χ4n) is 1.39. The van der Waals surface area contributed by atoms with Crippen LogP contribution in [-0.4, -0.2) is 22.1 Å². The SMILES string of the molecule is O=C(Nc1ccc(C(=O)O)c(O)c1)c1cccs1. The minimum absolute atomic E-state index is 0.205. The van der Waals surface area contributed by atoms with Gasteiger partial charge in [-0.1, -0.05) is 6.07 Å². The van der Waals surface area contributed by atoms with E-state index in [1.807, 2.05) is 0 Å². The zero-order valence-corrected chi connectivity index (χ0v) is 9.90. The van der Waals surface area contributed by atoms with Crippen LogP contribution in [0.4, 0.5) is 5.69 Å². The number of anilines is 1. The van der Waals surface area contributed by atoms with Gasteiger partial charge in [0, 0.05) is 11.8 Å². The molecule has 92 valence electrons. The highest BCUT2D eigenvalue weighted by Crippen LogP contribution is 2.22. The van der Waals surface area contributed by atoms with Gasteiger partial charge in [0.1, 0.15) is 11.3 Å². The summed E-state index contributed by atoms with van der Waals surface area (Å²) in [5.41, 5.74) is 0.139. The summed E-state index contributed by atoms with van der Waals surface area (Å²) < 4.78 is 0. The number of nitrogens with one attached hydrogen (secondary N) is 1. The Bertz CT molecular complexity index is 592. The normalized spacial score (nSPS) is 10.0. The third-order valence-corrected chi connectivity index (χ3v) is 3.10. The van der Waals surface area contributed by atoms with Crippen LogP contribution in [0, 0.1) is 0 Å². The summed E-state index contributed by atoms with van der Waals surface area (Å²) in [5, 5.41) is 22.6. The lowest BCUT2D eigenvalue weighted by molar-refractivity contribution is 0.0693. The molecule has 6 heteroatoms. The molecule has 0 aliphatic rings. The van der Waals surface area contributed by atoms with Crippen molar-refractivity contribution < 1.29 is 19.8 Å². The molecule has 0 aliphatic carbocycles. The van der Waals surface area contributed by atoms with Crippen molar-refractivity contribution >= 4 is 28.9 Å². The van der Waals surface area contributed by atoms with Gasteiger partial charge in [-0.05, 0) is 23.6 Å². The molecular formula is C12H9NO4S. The molecule has 0 radical (unpaired) electrons. The summed E-state index contributed by atoms with van der Waals surface area (Å²) in [4.78, 5) is 22.9. The zero-order valence-electron chi connectivity index (χ0n) is 9.08. The average molecular weight is 263 g/mol. The predicted octanol–water partition coefficient (Wildman–Crippen LogP) is 2.40. The fourth-order valence-corrected chi connectivity index (χ4v) is 2.01. The maximum absolute atomic E-state index is 11.7. The van der Waals surface area contributed by atoms with Crippen molar-refractivity contribution in [2.45, 2.75) is 0 Å². The van der Waals surface area contributed by atoms with Crippen molar-refractivity contribution in [1.29, 1.82) is 0 Å². The molecular weight excluding hydrogens is 254 g/mol. The lowest BCUT2D eigenvalue weighted by Crippen LogP contribution is -2.10. The van der Waals surface area contributed by atoms with Gasteiger partial charge >= 0.3 is 5.97 Å². The number of hydrogen-bond acceptors (Lipinski definition) is 4. The molecule has 2 aromatic rings. The maximum Gasteiger partial charge on any atom is 0.339 e. The molecule has 0 unspecified atom stereocenters. The molecule has 5 nitrogen and oxygen atoms in total. The highest BCUT2D eigenvalue weighted by Gasteiger charge is 2.12. The number of rotatable bonds is 3. The largest absolute Gasteiger partial charge is 0.507 e. The minimum atomic E-state index is -1.22. The Kier molecular flexibility index (Phi) is 3.29. The quantitative estimate of drug-likeness (QED) is 0.793. The van der Waals surface area contributed by atoms with Gasteiger partial charge in [-0.3, -0.25) is 4.79 Å². The van der Waals surface area contributed by atoms with Crippen molar-refractivity contribution in [1.82, 2.24) is 0 Å². The van der Waals surface area contributed by atoms with E-state index < -0.39 is 5.97 Å². The Labute approximate surface area is 106 Å². The van der Waals surface area contributed by atoms with E-state index in [1.165, 1.54) is 29.5 Å². The van der Waals surface area contributed by atoms with Crippen molar-refractivity contribution in [2.24, 2.45) is 0 Å². The molecule has 2 rings (SSSR count). The molecule has 1 heterocycles. The van der Waals surface area contributed by atoms with Crippen molar-refractivity contribution in [3.05, 3.63) is 46.2 Å². The molecule has 0 bridgehead atoms. The van der Waals surface area contributed by atoms with Crippen LogP contribution in [0.2, 0.25) is 0 Å². The summed E-state index contributed by atoms with van der Waals surface area (Å²) in [7, 11) is 0. The molecule has 0 aliphatic heterocycles. The third-order valence-electron chi connectivity index (χ3n) is 2.23. The summed E-state index contributed by atoms with van der Waals surface area (Å²) in [6.45, 7) is 0. The second-order valence-corrected chi connectivity index (χ2v) is 4.42. The number of carboxylic acids is 1. The van der Waals surface area contributed by atoms with Crippen molar-refractivity contribution in [3.8, 4) is 5.75 Å². The lowest BCUT2D eigenvalue weighted by Gasteiger charge is -2.05. The van der Waals surface area contributed by atoms with E-state index in [0.717, 1.165) is 0 Å². The van der Waals surface area contributed by atoms with Crippen molar-refractivity contribution in [3.63, 3.8) is 0 Å². The highest BCUT2D eigenvalue weighted by molar-refractivity contribution is 7.12. The van der Waals surface area contributed by atoms with Gasteiger partial charge in [0.2, 0.25) is 0 Å². The number of aromatic hydroxyl groups is 1. The molecule has 18 heavy (non-hydrogen) atoms. The molecule has 0 atom stereocenters. The highest BCUT2D eigenvalue weighted by atomic mass is 32.1. The second-order valence-electron chi connectivity index (χ2n) is 3.47. The van der Waals surface area contributed by atoms with Gasteiger partial charge in [0.05, 0.1) is 4.88 Å². The van der Waals surface area contributed by atoms with Crippen LogP contribution in [0.25, 0.3) is 0 Å². The van der Waals surface area contributed by atoms with Gasteiger partial charge in [-0.15, -0.1) is 11.3 Å². The first-order valence-corrected chi connectivity index (χ1v) is 5.87. The van der Waals surface area contributed by atoms with Crippen LogP contribution in [0.1, 0.15) is 20.0 Å². The van der Waals surface area contributed by atoms with Gasteiger partial charge in [0.25, 0.3) is 5.91 Å².